The summed E-state index contributed by atoms with van der Waals surface area (Å²) in [7, 11) is -2.21. The van der Waals surface area contributed by atoms with Crippen LogP contribution in [0.3, 0.4) is 0 Å². The Kier molecular flexibility index (Phi) is 5.90. The van der Waals surface area contributed by atoms with Gasteiger partial charge in [0.15, 0.2) is 0 Å². The second-order valence-corrected chi connectivity index (χ2v) is 9.63. The molecule has 1 amide bonds. The molecule has 160 valence electrons. The van der Waals surface area contributed by atoms with Crippen LogP contribution in [-0.2, 0) is 14.8 Å². The lowest BCUT2D eigenvalue weighted by atomic mass is 9.96. The maximum Gasteiger partial charge on any atom is 0.243 e. The van der Waals surface area contributed by atoms with Crippen LogP contribution in [0.15, 0.2) is 47.4 Å². The van der Waals surface area contributed by atoms with E-state index in [1.54, 1.807) is 11.0 Å². The van der Waals surface area contributed by atoms with Gasteiger partial charge in [-0.3, -0.25) is 4.79 Å². The van der Waals surface area contributed by atoms with E-state index in [1.165, 1.54) is 23.5 Å². The second-order valence-electron chi connectivity index (χ2n) is 7.28. The Morgan fingerprint density at radius 2 is 1.87 bits per heavy atom. The number of benzene rings is 2. The van der Waals surface area contributed by atoms with E-state index in [4.69, 9.17) is 21.1 Å². The predicted molar refractivity (Wildman–Crippen MR) is 114 cm³/mol. The largest absolute Gasteiger partial charge is 0.495 e. The van der Waals surface area contributed by atoms with Crippen LogP contribution in [0.25, 0.3) is 0 Å². The van der Waals surface area contributed by atoms with E-state index < -0.39 is 10.0 Å². The second kappa shape index (κ2) is 8.45. The van der Waals surface area contributed by atoms with Crippen LogP contribution in [0, 0.1) is 5.92 Å². The van der Waals surface area contributed by atoms with E-state index in [1.807, 2.05) is 24.3 Å². The summed E-state index contributed by atoms with van der Waals surface area (Å²) in [5, 5.41) is 0.245. The van der Waals surface area contributed by atoms with Gasteiger partial charge < -0.3 is 14.4 Å². The van der Waals surface area contributed by atoms with Crippen LogP contribution in [0.1, 0.15) is 12.8 Å². The number of halogens is 1. The molecule has 0 atom stereocenters. The number of hydrogen-bond donors (Lipinski definition) is 0. The minimum Gasteiger partial charge on any atom is -0.495 e. The first-order chi connectivity index (χ1) is 14.4. The molecule has 9 heteroatoms. The number of ether oxygens (including phenoxy) is 2. The van der Waals surface area contributed by atoms with Gasteiger partial charge in [-0.25, -0.2) is 8.42 Å². The van der Waals surface area contributed by atoms with Crippen molar-refractivity contribution >= 4 is 33.2 Å². The molecule has 30 heavy (non-hydrogen) atoms. The molecule has 0 radical (unpaired) electrons. The van der Waals surface area contributed by atoms with Crippen molar-refractivity contribution in [1.29, 1.82) is 0 Å². The molecule has 1 saturated heterocycles. The molecule has 2 aliphatic rings. The molecular weight excluding hydrogens is 428 g/mol. The number of fused-ring (bicyclic) bond motifs is 1. The minimum absolute atomic E-state index is 0.0234. The molecule has 0 unspecified atom stereocenters. The topological polar surface area (TPSA) is 76.2 Å². The summed E-state index contributed by atoms with van der Waals surface area (Å²) in [6.07, 6.45) is 0.947. The lowest BCUT2D eigenvalue weighted by molar-refractivity contribution is -0.123. The first-order valence-corrected chi connectivity index (χ1v) is 11.6. The SMILES string of the molecule is COc1ccc(S(=O)(=O)N2CCC(C(=O)N3CCOc4ccccc43)CC2)cc1Cl. The lowest BCUT2D eigenvalue weighted by Gasteiger charge is -2.35. The number of para-hydroxylation sites is 2. The number of nitrogens with zero attached hydrogens (tertiary/aromatic N) is 2. The van der Waals surface area contributed by atoms with E-state index >= 15 is 0 Å². The zero-order chi connectivity index (χ0) is 21.3. The van der Waals surface area contributed by atoms with Gasteiger partial charge in [-0.05, 0) is 43.2 Å². The van der Waals surface area contributed by atoms with Crippen LogP contribution < -0.4 is 14.4 Å². The van der Waals surface area contributed by atoms with Crippen molar-refractivity contribution in [3.63, 3.8) is 0 Å². The highest BCUT2D eigenvalue weighted by Gasteiger charge is 2.35. The Hall–Kier alpha value is -2.29. The monoisotopic (exact) mass is 450 g/mol. The van der Waals surface area contributed by atoms with Crippen molar-refractivity contribution < 1.29 is 22.7 Å². The molecule has 0 spiro atoms. The molecule has 7 nitrogen and oxygen atoms in total. The number of piperidine rings is 1. The smallest absolute Gasteiger partial charge is 0.243 e. The standard InChI is InChI=1S/C21H23ClN2O5S/c1-28-19-7-6-16(14-17(19)22)30(26,27)23-10-8-15(9-11-23)21(25)24-12-13-29-20-5-3-2-4-18(20)24/h2-7,14-15H,8-13H2,1H3. The summed E-state index contributed by atoms with van der Waals surface area (Å²) in [5.41, 5.74) is 0.775. The molecule has 2 aromatic rings. The molecule has 2 aliphatic heterocycles. The van der Waals surface area contributed by atoms with E-state index in [0.29, 0.717) is 37.5 Å². The van der Waals surface area contributed by atoms with Crippen LogP contribution in [0.2, 0.25) is 5.02 Å². The van der Waals surface area contributed by atoms with Gasteiger partial charge in [0.05, 0.1) is 29.3 Å². The van der Waals surface area contributed by atoms with Crippen LogP contribution in [0.5, 0.6) is 11.5 Å². The van der Waals surface area contributed by atoms with Gasteiger partial charge in [0.2, 0.25) is 15.9 Å². The Bertz CT molecular complexity index is 1050. The minimum atomic E-state index is -3.68. The highest BCUT2D eigenvalue weighted by Crippen LogP contribution is 2.34. The fourth-order valence-electron chi connectivity index (χ4n) is 3.92. The average molecular weight is 451 g/mol. The van der Waals surface area contributed by atoms with Crippen LogP contribution in [0.4, 0.5) is 5.69 Å². The fourth-order valence-corrected chi connectivity index (χ4v) is 5.74. The quantitative estimate of drug-likeness (QED) is 0.715. The van der Waals surface area contributed by atoms with Gasteiger partial charge in [0.25, 0.3) is 0 Å². The number of hydrogen-bond acceptors (Lipinski definition) is 5. The van der Waals surface area contributed by atoms with Crippen molar-refractivity contribution in [3.05, 3.63) is 47.5 Å². The van der Waals surface area contributed by atoms with E-state index in [-0.39, 0.29) is 34.8 Å². The van der Waals surface area contributed by atoms with Crippen molar-refractivity contribution in [2.75, 3.05) is 38.3 Å². The maximum atomic E-state index is 13.1. The average Bonchev–Trinajstić information content (AvgIpc) is 2.78. The Labute approximate surface area is 181 Å². The molecule has 2 aromatic carbocycles. The summed E-state index contributed by atoms with van der Waals surface area (Å²) >= 11 is 6.10. The zero-order valence-corrected chi connectivity index (χ0v) is 18.2. The Morgan fingerprint density at radius 3 is 2.57 bits per heavy atom. The molecule has 2 heterocycles. The number of rotatable bonds is 4. The highest BCUT2D eigenvalue weighted by molar-refractivity contribution is 7.89. The maximum absolute atomic E-state index is 13.1. The lowest BCUT2D eigenvalue weighted by Crippen LogP contribution is -2.46. The summed E-state index contributed by atoms with van der Waals surface area (Å²) in [6.45, 7) is 1.52. The zero-order valence-electron chi connectivity index (χ0n) is 16.6. The molecule has 0 aliphatic carbocycles. The van der Waals surface area contributed by atoms with Crippen molar-refractivity contribution in [2.45, 2.75) is 17.7 Å². The number of amides is 1. The van der Waals surface area contributed by atoms with Crippen molar-refractivity contribution in [3.8, 4) is 11.5 Å². The van der Waals surface area contributed by atoms with E-state index in [0.717, 1.165) is 5.69 Å². The third-order valence-electron chi connectivity index (χ3n) is 5.56. The van der Waals surface area contributed by atoms with Gasteiger partial charge >= 0.3 is 0 Å². The fraction of sp³-hybridized carbons (Fsp3) is 0.381. The van der Waals surface area contributed by atoms with E-state index in [2.05, 4.69) is 0 Å². The van der Waals surface area contributed by atoms with Gasteiger partial charge in [-0.1, -0.05) is 23.7 Å². The number of carbonyl (C=O) groups excluding carboxylic acids is 1. The third-order valence-corrected chi connectivity index (χ3v) is 7.75. The summed E-state index contributed by atoms with van der Waals surface area (Å²) in [5.74, 6) is 0.927. The van der Waals surface area contributed by atoms with Crippen LogP contribution >= 0.6 is 11.6 Å². The van der Waals surface area contributed by atoms with Crippen molar-refractivity contribution in [1.82, 2.24) is 4.31 Å². The summed E-state index contributed by atoms with van der Waals surface area (Å²) in [4.78, 5) is 15.0. The van der Waals surface area contributed by atoms with Crippen LogP contribution in [-0.4, -0.2) is 52.0 Å². The number of carbonyl (C=O) groups is 1. The Morgan fingerprint density at radius 1 is 1.13 bits per heavy atom. The summed E-state index contributed by atoms with van der Waals surface area (Å²) in [6, 6.07) is 11.9. The van der Waals surface area contributed by atoms with Crippen molar-refractivity contribution in [2.24, 2.45) is 5.92 Å². The first kappa shape index (κ1) is 21.0. The van der Waals surface area contributed by atoms with Gasteiger partial charge in [-0.15, -0.1) is 0 Å². The molecule has 0 bridgehead atoms. The molecule has 0 aromatic heterocycles. The highest BCUT2D eigenvalue weighted by atomic mass is 35.5. The molecule has 1 fully saturated rings. The van der Waals surface area contributed by atoms with Gasteiger partial charge in [0.1, 0.15) is 18.1 Å². The predicted octanol–water partition coefficient (Wildman–Crippen LogP) is 3.17. The molecule has 0 saturated carbocycles. The summed E-state index contributed by atoms with van der Waals surface area (Å²) < 4.78 is 38.1. The number of anilines is 1. The van der Waals surface area contributed by atoms with Gasteiger partial charge in [-0.2, -0.15) is 4.31 Å². The molecule has 0 N–H and O–H groups in total. The number of sulfonamides is 1. The Balaban J connectivity index is 1.45. The number of methoxy groups -OCH3 is 1. The third kappa shape index (κ3) is 3.87. The van der Waals surface area contributed by atoms with Gasteiger partial charge in [0, 0.05) is 19.0 Å². The normalized spacial score (nSPS) is 17.9. The molecular formula is C21H23ClN2O5S. The van der Waals surface area contributed by atoms with E-state index in [9.17, 15) is 13.2 Å². The molecule has 4 rings (SSSR count). The first-order valence-electron chi connectivity index (χ1n) is 9.78.